The average Bonchev–Trinajstić information content (AvgIpc) is 2.35. The van der Waals surface area contributed by atoms with Gasteiger partial charge in [0.1, 0.15) is 0 Å². The quantitative estimate of drug-likeness (QED) is 0.753. The summed E-state index contributed by atoms with van der Waals surface area (Å²) in [5.41, 5.74) is 5.23. The van der Waals surface area contributed by atoms with E-state index < -0.39 is 5.41 Å². The Labute approximate surface area is 125 Å². The van der Waals surface area contributed by atoms with Crippen molar-refractivity contribution >= 4 is 29.0 Å². The normalized spacial score (nSPS) is 21.9. The second kappa shape index (κ2) is 6.08. The first-order valence-corrected chi connectivity index (χ1v) is 7.70. The van der Waals surface area contributed by atoms with Crippen molar-refractivity contribution in [3.8, 4) is 0 Å². The molecule has 1 saturated heterocycles. The number of thiocarbonyl (C=S) groups is 1. The molecule has 3 N–H and O–H groups in total. The van der Waals surface area contributed by atoms with E-state index in [-0.39, 0.29) is 11.8 Å². The SMILES string of the molecule is CC(=O)NCC1CCN(C(=O)C2(C(N)=S)CCC2)CC1. The summed E-state index contributed by atoms with van der Waals surface area (Å²) in [5, 5.41) is 2.85. The van der Waals surface area contributed by atoms with Crippen molar-refractivity contribution in [1.29, 1.82) is 0 Å². The summed E-state index contributed by atoms with van der Waals surface area (Å²) in [5.74, 6) is 0.588. The molecule has 1 saturated carbocycles. The number of nitrogens with two attached hydrogens (primary N) is 1. The summed E-state index contributed by atoms with van der Waals surface area (Å²) in [4.78, 5) is 25.8. The number of likely N-dealkylation sites (tertiary alicyclic amines) is 1. The van der Waals surface area contributed by atoms with Crippen molar-refractivity contribution in [3.05, 3.63) is 0 Å². The fraction of sp³-hybridized carbons (Fsp3) is 0.786. The van der Waals surface area contributed by atoms with E-state index in [4.69, 9.17) is 18.0 Å². The molecule has 1 heterocycles. The number of nitrogens with one attached hydrogen (secondary N) is 1. The smallest absolute Gasteiger partial charge is 0.235 e. The number of nitrogens with zero attached hydrogens (tertiary/aromatic N) is 1. The summed E-state index contributed by atoms with van der Waals surface area (Å²) in [6, 6.07) is 0. The topological polar surface area (TPSA) is 75.4 Å². The van der Waals surface area contributed by atoms with Crippen LogP contribution in [0.3, 0.4) is 0 Å². The predicted octanol–water partition coefficient (Wildman–Crippen LogP) is 0.817. The Bertz CT molecular complexity index is 413. The van der Waals surface area contributed by atoms with E-state index >= 15 is 0 Å². The highest BCUT2D eigenvalue weighted by Gasteiger charge is 2.49. The zero-order valence-electron chi connectivity index (χ0n) is 12.0. The first-order chi connectivity index (χ1) is 9.45. The molecule has 2 amide bonds. The first kappa shape index (κ1) is 15.2. The van der Waals surface area contributed by atoms with Gasteiger partial charge < -0.3 is 16.0 Å². The highest BCUT2D eigenvalue weighted by atomic mass is 32.1. The average molecular weight is 297 g/mol. The predicted molar refractivity (Wildman–Crippen MR) is 81.1 cm³/mol. The molecule has 0 aromatic heterocycles. The number of amides is 2. The zero-order valence-corrected chi connectivity index (χ0v) is 12.8. The van der Waals surface area contributed by atoms with Crippen LogP contribution in [0.1, 0.15) is 39.0 Å². The minimum Gasteiger partial charge on any atom is -0.392 e. The van der Waals surface area contributed by atoms with Gasteiger partial charge in [-0.1, -0.05) is 18.6 Å². The van der Waals surface area contributed by atoms with Crippen LogP contribution in [0.25, 0.3) is 0 Å². The van der Waals surface area contributed by atoms with Gasteiger partial charge in [-0.3, -0.25) is 9.59 Å². The van der Waals surface area contributed by atoms with Gasteiger partial charge in [0.2, 0.25) is 11.8 Å². The molecular weight excluding hydrogens is 274 g/mol. The van der Waals surface area contributed by atoms with Gasteiger partial charge in [0, 0.05) is 26.6 Å². The minimum atomic E-state index is -0.556. The van der Waals surface area contributed by atoms with Crippen molar-refractivity contribution in [1.82, 2.24) is 10.2 Å². The summed E-state index contributed by atoms with van der Waals surface area (Å²) in [7, 11) is 0. The van der Waals surface area contributed by atoms with E-state index in [0.717, 1.165) is 45.2 Å². The molecule has 2 rings (SSSR count). The van der Waals surface area contributed by atoms with Crippen molar-refractivity contribution in [2.45, 2.75) is 39.0 Å². The second-order valence-corrected chi connectivity index (χ2v) is 6.41. The fourth-order valence-corrected chi connectivity index (χ4v) is 3.32. The molecule has 2 aliphatic rings. The lowest BCUT2D eigenvalue weighted by molar-refractivity contribution is -0.143. The van der Waals surface area contributed by atoms with E-state index in [0.29, 0.717) is 17.5 Å². The molecule has 0 unspecified atom stereocenters. The molecule has 20 heavy (non-hydrogen) atoms. The maximum absolute atomic E-state index is 12.6. The number of carbonyl (C=O) groups excluding carboxylic acids is 2. The molecule has 0 spiro atoms. The Hall–Kier alpha value is -1.17. The van der Waals surface area contributed by atoms with E-state index in [1.807, 2.05) is 4.90 Å². The molecular formula is C14H23N3O2S. The molecule has 0 atom stereocenters. The Kier molecular flexibility index (Phi) is 4.62. The Balaban J connectivity index is 1.86. The van der Waals surface area contributed by atoms with Gasteiger partial charge in [-0.2, -0.15) is 0 Å². The van der Waals surface area contributed by atoms with Gasteiger partial charge >= 0.3 is 0 Å². The molecule has 0 radical (unpaired) electrons. The largest absolute Gasteiger partial charge is 0.392 e. The second-order valence-electron chi connectivity index (χ2n) is 5.97. The fourth-order valence-electron chi connectivity index (χ4n) is 3.03. The van der Waals surface area contributed by atoms with Crippen molar-refractivity contribution in [2.75, 3.05) is 19.6 Å². The van der Waals surface area contributed by atoms with Crippen LogP contribution >= 0.6 is 12.2 Å². The molecule has 0 aromatic rings. The summed E-state index contributed by atoms with van der Waals surface area (Å²) in [6.45, 7) is 3.72. The van der Waals surface area contributed by atoms with Crippen LogP contribution in [-0.2, 0) is 9.59 Å². The van der Waals surface area contributed by atoms with Crippen molar-refractivity contribution in [3.63, 3.8) is 0 Å². The maximum Gasteiger partial charge on any atom is 0.235 e. The standard InChI is InChI=1S/C14H23N3O2S/c1-10(18)16-9-11-3-7-17(8-4-11)13(19)14(12(15)20)5-2-6-14/h11H,2-9H2,1H3,(H2,15,20)(H,16,18). The van der Waals surface area contributed by atoms with Crippen LogP contribution < -0.4 is 11.1 Å². The van der Waals surface area contributed by atoms with Gasteiger partial charge in [-0.15, -0.1) is 0 Å². The van der Waals surface area contributed by atoms with Crippen LogP contribution in [0, 0.1) is 11.3 Å². The van der Waals surface area contributed by atoms with Crippen LogP contribution in [0.2, 0.25) is 0 Å². The van der Waals surface area contributed by atoms with Gasteiger partial charge in [-0.05, 0) is 31.6 Å². The summed E-state index contributed by atoms with van der Waals surface area (Å²) < 4.78 is 0. The van der Waals surface area contributed by atoms with Crippen LogP contribution in [0.5, 0.6) is 0 Å². The number of carbonyl (C=O) groups is 2. The minimum absolute atomic E-state index is 0.00501. The summed E-state index contributed by atoms with van der Waals surface area (Å²) >= 11 is 5.10. The van der Waals surface area contributed by atoms with E-state index in [1.54, 1.807) is 0 Å². The molecule has 5 nitrogen and oxygen atoms in total. The van der Waals surface area contributed by atoms with Gasteiger partial charge in [0.25, 0.3) is 0 Å². The van der Waals surface area contributed by atoms with Crippen LogP contribution in [0.15, 0.2) is 0 Å². The number of hydrogen-bond donors (Lipinski definition) is 2. The molecule has 112 valence electrons. The maximum atomic E-state index is 12.6. The van der Waals surface area contributed by atoms with E-state index in [9.17, 15) is 9.59 Å². The van der Waals surface area contributed by atoms with E-state index in [1.165, 1.54) is 6.92 Å². The van der Waals surface area contributed by atoms with Gasteiger partial charge in [-0.25, -0.2) is 0 Å². The number of rotatable bonds is 4. The van der Waals surface area contributed by atoms with E-state index in [2.05, 4.69) is 5.32 Å². The highest BCUT2D eigenvalue weighted by molar-refractivity contribution is 7.80. The Morgan fingerprint density at radius 2 is 1.95 bits per heavy atom. The van der Waals surface area contributed by atoms with Gasteiger partial charge in [0.05, 0.1) is 10.4 Å². The third-order valence-corrected chi connectivity index (χ3v) is 5.02. The lowest BCUT2D eigenvalue weighted by Crippen LogP contribution is -2.56. The zero-order chi connectivity index (χ0) is 14.8. The molecule has 6 heteroatoms. The van der Waals surface area contributed by atoms with Crippen molar-refractivity contribution < 1.29 is 9.59 Å². The molecule has 0 bridgehead atoms. The third-order valence-electron chi connectivity index (χ3n) is 4.63. The third kappa shape index (κ3) is 2.95. The molecule has 1 aliphatic heterocycles. The highest BCUT2D eigenvalue weighted by Crippen LogP contribution is 2.43. The Morgan fingerprint density at radius 3 is 2.35 bits per heavy atom. The van der Waals surface area contributed by atoms with Gasteiger partial charge in [0.15, 0.2) is 0 Å². The lowest BCUT2D eigenvalue weighted by Gasteiger charge is -2.44. The number of hydrogen-bond acceptors (Lipinski definition) is 3. The first-order valence-electron chi connectivity index (χ1n) is 7.29. The summed E-state index contributed by atoms with van der Waals surface area (Å²) in [6.07, 6.45) is 4.49. The molecule has 0 aromatic carbocycles. The Morgan fingerprint density at radius 1 is 1.35 bits per heavy atom. The van der Waals surface area contributed by atoms with Crippen molar-refractivity contribution in [2.24, 2.45) is 17.1 Å². The number of piperidine rings is 1. The molecule has 1 aliphatic carbocycles. The van der Waals surface area contributed by atoms with Crippen LogP contribution in [0.4, 0.5) is 0 Å². The monoisotopic (exact) mass is 297 g/mol. The molecule has 2 fully saturated rings. The van der Waals surface area contributed by atoms with Crippen LogP contribution in [-0.4, -0.2) is 41.3 Å². The lowest BCUT2D eigenvalue weighted by atomic mass is 9.67.